The number of rotatable bonds is 4. The molecule has 5 rings (SSSR count). The first-order valence-corrected chi connectivity index (χ1v) is 10.0. The van der Waals surface area contributed by atoms with E-state index >= 15 is 0 Å². The van der Waals surface area contributed by atoms with E-state index in [2.05, 4.69) is 20.3 Å². The van der Waals surface area contributed by atoms with Crippen LogP contribution in [0, 0.1) is 5.82 Å². The summed E-state index contributed by atoms with van der Waals surface area (Å²) in [6, 6.07) is 16.0. The third-order valence-corrected chi connectivity index (χ3v) is 5.27. The van der Waals surface area contributed by atoms with Gasteiger partial charge in [0.05, 0.1) is 36.5 Å². The molecule has 0 unspecified atom stereocenters. The summed E-state index contributed by atoms with van der Waals surface area (Å²) >= 11 is 0. The third kappa shape index (κ3) is 3.73. The van der Waals surface area contributed by atoms with Crippen LogP contribution in [0.1, 0.15) is 10.4 Å². The van der Waals surface area contributed by atoms with Crippen molar-refractivity contribution >= 4 is 22.9 Å². The Hall–Kier alpha value is -3.78. The molecule has 1 amide bonds. The molecule has 1 saturated heterocycles. The number of carbonyl (C=O) groups excluding carboxylic acids is 1. The van der Waals surface area contributed by atoms with Gasteiger partial charge in [0.15, 0.2) is 5.65 Å². The lowest BCUT2D eigenvalue weighted by Crippen LogP contribution is -2.36. The zero-order chi connectivity index (χ0) is 21.2. The lowest BCUT2D eigenvalue weighted by Gasteiger charge is -2.30. The second-order valence-corrected chi connectivity index (χ2v) is 7.20. The summed E-state index contributed by atoms with van der Waals surface area (Å²) in [4.78, 5) is 19.5. The monoisotopic (exact) mass is 417 g/mol. The Morgan fingerprint density at radius 3 is 2.68 bits per heavy atom. The quantitative estimate of drug-likeness (QED) is 0.549. The van der Waals surface area contributed by atoms with Gasteiger partial charge in [0.1, 0.15) is 11.4 Å². The number of morpholine rings is 1. The van der Waals surface area contributed by atoms with Crippen LogP contribution in [-0.4, -0.2) is 46.8 Å². The number of aromatic nitrogens is 3. The minimum atomic E-state index is -0.420. The number of anilines is 2. The van der Waals surface area contributed by atoms with Gasteiger partial charge < -0.3 is 15.0 Å². The Morgan fingerprint density at radius 1 is 1.06 bits per heavy atom. The van der Waals surface area contributed by atoms with Gasteiger partial charge in [-0.15, -0.1) is 0 Å². The van der Waals surface area contributed by atoms with Crippen molar-refractivity contribution in [2.75, 3.05) is 36.5 Å². The lowest BCUT2D eigenvalue weighted by atomic mass is 10.1. The maximum atomic E-state index is 14.0. The molecule has 0 atom stereocenters. The van der Waals surface area contributed by atoms with Crippen LogP contribution >= 0.6 is 0 Å². The zero-order valence-electron chi connectivity index (χ0n) is 16.7. The fourth-order valence-electron chi connectivity index (χ4n) is 3.76. The SMILES string of the molecule is O=C(Nc1cc(F)ccc1N1CCOCC1)c1cnn2c(-c3ccccc3)ccnc12. The third-order valence-electron chi connectivity index (χ3n) is 5.27. The summed E-state index contributed by atoms with van der Waals surface area (Å²) in [6.07, 6.45) is 3.13. The molecule has 2 aromatic heterocycles. The first-order chi connectivity index (χ1) is 15.2. The molecule has 0 bridgehead atoms. The predicted molar refractivity (Wildman–Crippen MR) is 116 cm³/mol. The number of halogens is 1. The molecule has 1 fully saturated rings. The highest BCUT2D eigenvalue weighted by molar-refractivity contribution is 6.09. The van der Waals surface area contributed by atoms with E-state index in [0.29, 0.717) is 43.2 Å². The molecule has 0 spiro atoms. The van der Waals surface area contributed by atoms with Crippen LogP contribution in [0.2, 0.25) is 0 Å². The molecule has 1 aliphatic heterocycles. The first kappa shape index (κ1) is 19.2. The van der Waals surface area contributed by atoms with Gasteiger partial charge in [-0.3, -0.25) is 4.79 Å². The van der Waals surface area contributed by atoms with Crippen LogP contribution in [0.3, 0.4) is 0 Å². The van der Waals surface area contributed by atoms with Crippen molar-refractivity contribution in [2.24, 2.45) is 0 Å². The van der Waals surface area contributed by atoms with Crippen LogP contribution in [0.25, 0.3) is 16.9 Å². The summed E-state index contributed by atoms with van der Waals surface area (Å²) in [7, 11) is 0. The van der Waals surface area contributed by atoms with E-state index in [4.69, 9.17) is 4.74 Å². The highest BCUT2D eigenvalue weighted by Crippen LogP contribution is 2.29. The molecular formula is C23H20FN5O2. The van der Waals surface area contributed by atoms with Crippen LogP contribution in [-0.2, 0) is 4.74 Å². The topological polar surface area (TPSA) is 71.8 Å². The van der Waals surface area contributed by atoms with E-state index in [1.807, 2.05) is 36.4 Å². The molecule has 8 heteroatoms. The average Bonchev–Trinajstić information content (AvgIpc) is 3.25. The van der Waals surface area contributed by atoms with Crippen molar-refractivity contribution in [2.45, 2.75) is 0 Å². The van der Waals surface area contributed by atoms with Gasteiger partial charge in [0.2, 0.25) is 0 Å². The van der Waals surface area contributed by atoms with E-state index in [1.54, 1.807) is 16.8 Å². The van der Waals surface area contributed by atoms with E-state index in [-0.39, 0.29) is 0 Å². The number of hydrogen-bond donors (Lipinski definition) is 1. The molecule has 1 N–H and O–H groups in total. The summed E-state index contributed by atoms with van der Waals surface area (Å²) in [5, 5.41) is 7.23. The van der Waals surface area contributed by atoms with Crippen LogP contribution in [0.4, 0.5) is 15.8 Å². The van der Waals surface area contributed by atoms with Gasteiger partial charge in [-0.1, -0.05) is 30.3 Å². The van der Waals surface area contributed by atoms with Gasteiger partial charge >= 0.3 is 0 Å². The van der Waals surface area contributed by atoms with Crippen molar-refractivity contribution in [1.29, 1.82) is 0 Å². The number of benzene rings is 2. The van der Waals surface area contributed by atoms with Crippen LogP contribution in [0.5, 0.6) is 0 Å². The van der Waals surface area contributed by atoms with Crippen molar-refractivity contribution in [1.82, 2.24) is 14.6 Å². The maximum absolute atomic E-state index is 14.0. The Kier molecular flexibility index (Phi) is 5.05. The number of nitrogens with one attached hydrogen (secondary N) is 1. The van der Waals surface area contributed by atoms with Gasteiger partial charge in [-0.2, -0.15) is 5.10 Å². The predicted octanol–water partition coefficient (Wildman–Crippen LogP) is 3.62. The fraction of sp³-hybridized carbons (Fsp3) is 0.174. The molecule has 4 aromatic rings. The van der Waals surface area contributed by atoms with Gasteiger partial charge in [0, 0.05) is 24.8 Å². The van der Waals surface area contributed by atoms with Crippen molar-refractivity contribution < 1.29 is 13.9 Å². The average molecular weight is 417 g/mol. The summed E-state index contributed by atoms with van der Waals surface area (Å²) < 4.78 is 21.0. The van der Waals surface area contributed by atoms with E-state index < -0.39 is 11.7 Å². The number of ether oxygens (including phenoxy) is 1. The highest BCUT2D eigenvalue weighted by atomic mass is 19.1. The summed E-state index contributed by atoms with van der Waals surface area (Å²) in [5.74, 6) is -0.815. The lowest BCUT2D eigenvalue weighted by molar-refractivity contribution is 0.102. The Labute approximate surface area is 178 Å². The Bertz CT molecular complexity index is 1240. The minimum absolute atomic E-state index is 0.315. The standard InChI is InChI=1S/C23H20FN5O2/c24-17-6-7-21(28-10-12-31-13-11-28)19(14-17)27-23(30)18-15-26-29-20(8-9-25-22(18)29)16-4-2-1-3-5-16/h1-9,14-15H,10-13H2,(H,27,30). The molecular weight excluding hydrogens is 397 g/mol. The number of fused-ring (bicyclic) bond motifs is 1. The first-order valence-electron chi connectivity index (χ1n) is 10.0. The second-order valence-electron chi connectivity index (χ2n) is 7.20. The zero-order valence-corrected chi connectivity index (χ0v) is 16.7. The maximum Gasteiger partial charge on any atom is 0.261 e. The summed E-state index contributed by atoms with van der Waals surface area (Å²) in [6.45, 7) is 2.52. The van der Waals surface area contributed by atoms with Crippen molar-refractivity contribution in [3.8, 4) is 11.3 Å². The second kappa shape index (κ2) is 8.16. The fourth-order valence-corrected chi connectivity index (χ4v) is 3.76. The molecule has 0 saturated carbocycles. The smallest absolute Gasteiger partial charge is 0.261 e. The van der Waals surface area contributed by atoms with Crippen molar-refractivity contribution in [3.63, 3.8) is 0 Å². The normalized spacial score (nSPS) is 14.0. The molecule has 2 aromatic carbocycles. The van der Waals surface area contributed by atoms with E-state index in [1.165, 1.54) is 18.3 Å². The van der Waals surface area contributed by atoms with E-state index in [0.717, 1.165) is 16.9 Å². The highest BCUT2D eigenvalue weighted by Gasteiger charge is 2.20. The number of hydrogen-bond acceptors (Lipinski definition) is 5. The van der Waals surface area contributed by atoms with Crippen LogP contribution in [0.15, 0.2) is 67.0 Å². The molecule has 7 nitrogen and oxygen atoms in total. The molecule has 3 heterocycles. The number of nitrogens with zero attached hydrogens (tertiary/aromatic N) is 4. The Morgan fingerprint density at radius 2 is 1.87 bits per heavy atom. The molecule has 0 radical (unpaired) electrons. The van der Waals surface area contributed by atoms with Gasteiger partial charge in [0.25, 0.3) is 5.91 Å². The molecule has 1 aliphatic rings. The minimum Gasteiger partial charge on any atom is -0.378 e. The number of carbonyl (C=O) groups is 1. The van der Waals surface area contributed by atoms with E-state index in [9.17, 15) is 9.18 Å². The molecule has 0 aliphatic carbocycles. The molecule has 31 heavy (non-hydrogen) atoms. The summed E-state index contributed by atoms with van der Waals surface area (Å²) in [5.41, 5.74) is 3.70. The molecule has 156 valence electrons. The van der Waals surface area contributed by atoms with Gasteiger partial charge in [-0.05, 0) is 24.3 Å². The number of amides is 1. The van der Waals surface area contributed by atoms with Gasteiger partial charge in [-0.25, -0.2) is 13.9 Å². The van der Waals surface area contributed by atoms with Crippen LogP contribution < -0.4 is 10.2 Å². The van der Waals surface area contributed by atoms with Crippen molar-refractivity contribution in [3.05, 3.63) is 78.4 Å². The largest absolute Gasteiger partial charge is 0.378 e. The Balaban J connectivity index is 1.49.